The maximum Gasteiger partial charge on any atom is 0.0957 e. The fraction of sp³-hybridized carbons (Fsp3) is 0.353. The zero-order valence-corrected chi connectivity index (χ0v) is 12.4. The highest BCUT2D eigenvalue weighted by atomic mass is 16.3. The zero-order valence-electron chi connectivity index (χ0n) is 12.4. The first kappa shape index (κ1) is 14.5. The van der Waals surface area contributed by atoms with E-state index in [0.29, 0.717) is 6.42 Å². The molecule has 2 rings (SSSR count). The Bertz CT molecular complexity index is 551. The molecule has 0 amide bonds. The number of aliphatic hydroxyl groups excluding tert-OH is 1. The lowest BCUT2D eigenvalue weighted by Crippen LogP contribution is -2.17. The minimum atomic E-state index is -0.467. The lowest BCUT2D eigenvalue weighted by Gasteiger charge is -2.20. The highest BCUT2D eigenvalue weighted by Gasteiger charge is 2.08. The van der Waals surface area contributed by atoms with Gasteiger partial charge in [0.25, 0.3) is 0 Å². The third kappa shape index (κ3) is 3.36. The molecule has 0 unspecified atom stereocenters. The number of aromatic nitrogens is 1. The molecule has 0 fully saturated rings. The monoisotopic (exact) mass is 270 g/mol. The smallest absolute Gasteiger partial charge is 0.0957 e. The molecule has 0 spiro atoms. The summed E-state index contributed by atoms with van der Waals surface area (Å²) in [4.78, 5) is 6.51. The van der Waals surface area contributed by atoms with Crippen LogP contribution >= 0.6 is 0 Å². The van der Waals surface area contributed by atoms with Gasteiger partial charge in [0.2, 0.25) is 0 Å². The van der Waals surface area contributed by atoms with Gasteiger partial charge in [0.15, 0.2) is 0 Å². The van der Waals surface area contributed by atoms with Crippen LogP contribution in [-0.2, 0) is 6.54 Å². The fourth-order valence-corrected chi connectivity index (χ4v) is 2.16. The molecule has 106 valence electrons. The van der Waals surface area contributed by atoms with E-state index in [-0.39, 0.29) is 0 Å². The Hall–Kier alpha value is -1.87. The summed E-state index contributed by atoms with van der Waals surface area (Å²) in [6.45, 7) is 4.93. The third-order valence-corrected chi connectivity index (χ3v) is 3.61. The van der Waals surface area contributed by atoms with Crippen LogP contribution in [0.25, 0.3) is 0 Å². The number of aliphatic hydroxyl groups is 1. The van der Waals surface area contributed by atoms with E-state index in [1.54, 1.807) is 0 Å². The maximum atomic E-state index is 9.75. The Balaban J connectivity index is 2.10. The summed E-state index contributed by atoms with van der Waals surface area (Å²) in [5.74, 6) is 0. The summed E-state index contributed by atoms with van der Waals surface area (Å²) in [7, 11) is 2.05. The van der Waals surface area contributed by atoms with Gasteiger partial charge < -0.3 is 10.0 Å². The van der Waals surface area contributed by atoms with Crippen LogP contribution < -0.4 is 4.90 Å². The molecule has 0 saturated heterocycles. The van der Waals surface area contributed by atoms with Gasteiger partial charge in [-0.1, -0.05) is 31.2 Å². The molecule has 1 N–H and O–H groups in total. The molecule has 1 aromatic carbocycles. The molecule has 0 bridgehead atoms. The van der Waals surface area contributed by atoms with Crippen LogP contribution in [0.15, 0.2) is 42.6 Å². The second-order valence-electron chi connectivity index (χ2n) is 5.15. The van der Waals surface area contributed by atoms with Gasteiger partial charge in [0.05, 0.1) is 23.7 Å². The van der Waals surface area contributed by atoms with E-state index in [9.17, 15) is 5.11 Å². The van der Waals surface area contributed by atoms with Gasteiger partial charge in [-0.05, 0) is 36.6 Å². The molecule has 3 nitrogen and oxygen atoms in total. The SMILES string of the molecule is CC[C@H](O)c1ccc(N(C)Cc2ccccc2C)cn1. The van der Waals surface area contributed by atoms with Crippen molar-refractivity contribution in [2.24, 2.45) is 0 Å². The first-order valence-corrected chi connectivity index (χ1v) is 7.01. The van der Waals surface area contributed by atoms with Crippen LogP contribution in [-0.4, -0.2) is 17.1 Å². The number of hydrogen-bond acceptors (Lipinski definition) is 3. The maximum absolute atomic E-state index is 9.75. The summed E-state index contributed by atoms with van der Waals surface area (Å²) < 4.78 is 0. The standard InChI is InChI=1S/C17H22N2O/c1-4-17(20)16-10-9-15(11-18-16)19(3)12-14-8-6-5-7-13(14)2/h5-11,17,20H,4,12H2,1-3H3/t17-/m0/s1. The number of anilines is 1. The Morgan fingerprint density at radius 1 is 1.20 bits per heavy atom. The summed E-state index contributed by atoms with van der Waals surface area (Å²) >= 11 is 0. The lowest BCUT2D eigenvalue weighted by atomic mass is 10.1. The van der Waals surface area contributed by atoms with Crippen LogP contribution in [0.3, 0.4) is 0 Å². The van der Waals surface area contributed by atoms with Crippen molar-refractivity contribution in [3.05, 3.63) is 59.4 Å². The number of rotatable bonds is 5. The van der Waals surface area contributed by atoms with Gasteiger partial charge in [-0.25, -0.2) is 0 Å². The molecule has 0 aliphatic carbocycles. The van der Waals surface area contributed by atoms with E-state index in [1.807, 2.05) is 25.3 Å². The number of aryl methyl sites for hydroxylation is 1. The third-order valence-electron chi connectivity index (χ3n) is 3.61. The van der Waals surface area contributed by atoms with E-state index < -0.39 is 6.10 Å². The number of benzene rings is 1. The molecule has 2 aromatic rings. The molecule has 1 atom stereocenters. The Labute approximate surface area is 120 Å². The summed E-state index contributed by atoms with van der Waals surface area (Å²) in [5.41, 5.74) is 4.40. The van der Waals surface area contributed by atoms with Crippen LogP contribution in [0.5, 0.6) is 0 Å². The Morgan fingerprint density at radius 3 is 2.55 bits per heavy atom. The van der Waals surface area contributed by atoms with Gasteiger partial charge in [-0.15, -0.1) is 0 Å². The van der Waals surface area contributed by atoms with Crippen molar-refractivity contribution in [2.75, 3.05) is 11.9 Å². The van der Waals surface area contributed by atoms with Crippen molar-refractivity contribution in [3.8, 4) is 0 Å². The highest BCUT2D eigenvalue weighted by Crippen LogP contribution is 2.19. The first-order chi connectivity index (χ1) is 9.61. The van der Waals surface area contributed by atoms with Crippen molar-refractivity contribution >= 4 is 5.69 Å². The first-order valence-electron chi connectivity index (χ1n) is 7.01. The van der Waals surface area contributed by atoms with Gasteiger partial charge >= 0.3 is 0 Å². The minimum Gasteiger partial charge on any atom is -0.387 e. The predicted molar refractivity (Wildman–Crippen MR) is 82.8 cm³/mol. The molecule has 0 radical (unpaired) electrons. The average Bonchev–Trinajstić information content (AvgIpc) is 2.49. The number of hydrogen-bond donors (Lipinski definition) is 1. The van der Waals surface area contributed by atoms with Crippen LogP contribution in [0.1, 0.15) is 36.3 Å². The molecule has 3 heteroatoms. The molecular formula is C17H22N2O. The van der Waals surface area contributed by atoms with Gasteiger partial charge in [-0.2, -0.15) is 0 Å². The zero-order chi connectivity index (χ0) is 14.5. The molecular weight excluding hydrogens is 248 g/mol. The fourth-order valence-electron chi connectivity index (χ4n) is 2.16. The summed E-state index contributed by atoms with van der Waals surface area (Å²) in [6, 6.07) is 12.3. The number of nitrogens with zero attached hydrogens (tertiary/aromatic N) is 2. The van der Waals surface area contributed by atoms with Crippen molar-refractivity contribution in [1.29, 1.82) is 0 Å². The van der Waals surface area contributed by atoms with Gasteiger partial charge in [0.1, 0.15) is 0 Å². The normalized spacial score (nSPS) is 12.2. The molecule has 1 heterocycles. The predicted octanol–water partition coefficient (Wildman–Crippen LogP) is 3.47. The summed E-state index contributed by atoms with van der Waals surface area (Å²) in [5, 5.41) is 9.75. The van der Waals surface area contributed by atoms with Crippen molar-refractivity contribution in [3.63, 3.8) is 0 Å². The van der Waals surface area contributed by atoms with Gasteiger partial charge in [0, 0.05) is 13.6 Å². The van der Waals surface area contributed by atoms with E-state index >= 15 is 0 Å². The second-order valence-corrected chi connectivity index (χ2v) is 5.15. The minimum absolute atomic E-state index is 0.467. The van der Waals surface area contributed by atoms with E-state index in [0.717, 1.165) is 17.9 Å². The molecule has 1 aromatic heterocycles. The Morgan fingerprint density at radius 2 is 1.95 bits per heavy atom. The van der Waals surface area contributed by atoms with Crippen LogP contribution in [0.4, 0.5) is 5.69 Å². The highest BCUT2D eigenvalue weighted by molar-refractivity contribution is 5.45. The molecule has 20 heavy (non-hydrogen) atoms. The van der Waals surface area contributed by atoms with Crippen molar-refractivity contribution in [2.45, 2.75) is 32.9 Å². The van der Waals surface area contributed by atoms with E-state index in [1.165, 1.54) is 11.1 Å². The molecule has 0 aliphatic rings. The second kappa shape index (κ2) is 6.53. The van der Waals surface area contributed by atoms with Crippen LogP contribution in [0.2, 0.25) is 0 Å². The van der Waals surface area contributed by atoms with Crippen molar-refractivity contribution in [1.82, 2.24) is 4.98 Å². The van der Waals surface area contributed by atoms with E-state index in [4.69, 9.17) is 0 Å². The number of pyridine rings is 1. The Kier molecular flexibility index (Phi) is 4.74. The molecule has 0 saturated carbocycles. The molecule has 0 aliphatic heterocycles. The largest absolute Gasteiger partial charge is 0.387 e. The summed E-state index contributed by atoms with van der Waals surface area (Å²) in [6.07, 6.45) is 2.04. The lowest BCUT2D eigenvalue weighted by molar-refractivity contribution is 0.169. The topological polar surface area (TPSA) is 36.4 Å². The quantitative estimate of drug-likeness (QED) is 0.903. The average molecular weight is 270 g/mol. The van der Waals surface area contributed by atoms with Crippen molar-refractivity contribution < 1.29 is 5.11 Å². The van der Waals surface area contributed by atoms with E-state index in [2.05, 4.69) is 48.1 Å². The van der Waals surface area contributed by atoms with Crippen LogP contribution in [0, 0.1) is 6.92 Å². The van der Waals surface area contributed by atoms with Gasteiger partial charge in [-0.3, -0.25) is 4.98 Å².